The van der Waals surface area contributed by atoms with Crippen LogP contribution in [0.2, 0.25) is 0 Å². The Morgan fingerprint density at radius 1 is 1.42 bits per heavy atom. The molecule has 1 amide bonds. The largest absolute Gasteiger partial charge is 0.382 e. The molecule has 106 valence electrons. The molecule has 19 heavy (non-hydrogen) atoms. The summed E-state index contributed by atoms with van der Waals surface area (Å²) in [5, 5.41) is 12.1. The van der Waals surface area contributed by atoms with E-state index >= 15 is 0 Å². The summed E-state index contributed by atoms with van der Waals surface area (Å²) in [4.78, 5) is 11.6. The summed E-state index contributed by atoms with van der Waals surface area (Å²) in [6.07, 6.45) is -1.13. The maximum atomic E-state index is 11.6. The molecule has 0 aliphatic rings. The molecular formula is C15H24N2O2. The van der Waals surface area contributed by atoms with Gasteiger partial charge in [0.1, 0.15) is 6.10 Å². The van der Waals surface area contributed by atoms with Crippen LogP contribution in [0.15, 0.2) is 18.2 Å². The Hall–Kier alpha value is -1.39. The first-order valence-electron chi connectivity index (χ1n) is 6.51. The third-order valence-electron chi connectivity index (χ3n) is 3.35. The number of hydrogen-bond acceptors (Lipinski definition) is 3. The Kier molecular flexibility index (Phi) is 5.09. The number of nitrogens with two attached hydrogens (primary N) is 1. The van der Waals surface area contributed by atoms with Crippen LogP contribution < -0.4 is 11.1 Å². The van der Waals surface area contributed by atoms with Crippen molar-refractivity contribution in [1.29, 1.82) is 0 Å². The Labute approximate surface area is 115 Å². The first-order valence-corrected chi connectivity index (χ1v) is 6.51. The van der Waals surface area contributed by atoms with Crippen LogP contribution >= 0.6 is 0 Å². The molecule has 0 aliphatic heterocycles. The van der Waals surface area contributed by atoms with Gasteiger partial charge in [0.2, 0.25) is 5.91 Å². The zero-order valence-corrected chi connectivity index (χ0v) is 12.2. The normalized spacial score (nSPS) is 13.2. The van der Waals surface area contributed by atoms with Crippen LogP contribution in [0, 0.1) is 13.8 Å². The number of benzene rings is 1. The number of carbonyl (C=O) groups excluding carboxylic acids is 1. The summed E-state index contributed by atoms with van der Waals surface area (Å²) in [5.41, 5.74) is 8.66. The number of aliphatic hydroxyl groups excluding tert-OH is 1. The lowest BCUT2D eigenvalue weighted by Crippen LogP contribution is -2.44. The molecule has 0 aliphatic carbocycles. The quantitative estimate of drug-likeness (QED) is 0.743. The second-order valence-corrected chi connectivity index (χ2v) is 5.67. The van der Waals surface area contributed by atoms with Gasteiger partial charge in [-0.1, -0.05) is 37.6 Å². The third-order valence-corrected chi connectivity index (χ3v) is 3.35. The van der Waals surface area contributed by atoms with Gasteiger partial charge in [0.15, 0.2) is 0 Å². The molecule has 1 aromatic carbocycles. The fourth-order valence-corrected chi connectivity index (χ4v) is 2.09. The minimum absolute atomic E-state index is 0.0598. The van der Waals surface area contributed by atoms with Crippen LogP contribution in [0.4, 0.5) is 0 Å². The fourth-order valence-electron chi connectivity index (χ4n) is 2.09. The molecule has 0 bridgehead atoms. The standard InChI is InChI=1S/C15H24N2O2/c1-10-5-6-11(2)12(7-10)15(3,4)9-17-14(19)13(18)8-16/h5-7,13,18H,8-9,16H2,1-4H3,(H,17,19). The SMILES string of the molecule is Cc1ccc(C)c(C(C)(C)CNC(=O)C(O)CN)c1. The molecule has 0 heterocycles. The number of carbonyl (C=O) groups is 1. The van der Waals surface area contributed by atoms with E-state index in [2.05, 4.69) is 51.2 Å². The Morgan fingerprint density at radius 3 is 2.63 bits per heavy atom. The van der Waals surface area contributed by atoms with E-state index in [1.54, 1.807) is 0 Å². The smallest absolute Gasteiger partial charge is 0.250 e. The summed E-state index contributed by atoms with van der Waals surface area (Å²) in [5.74, 6) is -0.416. The third kappa shape index (κ3) is 4.04. The predicted octanol–water partition coefficient (Wildman–Crippen LogP) is 1.02. The molecule has 0 spiro atoms. The molecule has 0 saturated carbocycles. The van der Waals surface area contributed by atoms with E-state index < -0.39 is 12.0 Å². The van der Waals surface area contributed by atoms with Gasteiger partial charge < -0.3 is 16.2 Å². The summed E-state index contributed by atoms with van der Waals surface area (Å²) in [6, 6.07) is 6.30. The maximum absolute atomic E-state index is 11.6. The Balaban J connectivity index is 2.81. The molecule has 0 saturated heterocycles. The zero-order valence-electron chi connectivity index (χ0n) is 12.2. The van der Waals surface area contributed by atoms with E-state index in [0.29, 0.717) is 6.54 Å². The van der Waals surface area contributed by atoms with Crippen molar-refractivity contribution >= 4 is 5.91 Å². The predicted molar refractivity (Wildman–Crippen MR) is 77.0 cm³/mol. The molecule has 4 nitrogen and oxygen atoms in total. The van der Waals surface area contributed by atoms with E-state index in [9.17, 15) is 9.90 Å². The van der Waals surface area contributed by atoms with E-state index in [4.69, 9.17) is 5.73 Å². The highest BCUT2D eigenvalue weighted by Gasteiger charge is 2.24. The van der Waals surface area contributed by atoms with Gasteiger partial charge in [-0.25, -0.2) is 0 Å². The molecule has 0 fully saturated rings. The van der Waals surface area contributed by atoms with Crippen LogP contribution in [0.3, 0.4) is 0 Å². The van der Waals surface area contributed by atoms with Crippen LogP contribution in [0.25, 0.3) is 0 Å². The molecule has 4 N–H and O–H groups in total. The fraction of sp³-hybridized carbons (Fsp3) is 0.533. The van der Waals surface area contributed by atoms with Crippen molar-refractivity contribution in [2.75, 3.05) is 13.1 Å². The molecule has 1 unspecified atom stereocenters. The van der Waals surface area contributed by atoms with Crippen molar-refractivity contribution in [2.24, 2.45) is 5.73 Å². The van der Waals surface area contributed by atoms with E-state index in [-0.39, 0.29) is 12.0 Å². The van der Waals surface area contributed by atoms with Crippen LogP contribution in [0.5, 0.6) is 0 Å². The molecule has 1 rings (SSSR count). The van der Waals surface area contributed by atoms with Gasteiger partial charge in [-0.3, -0.25) is 4.79 Å². The van der Waals surface area contributed by atoms with Crippen molar-refractivity contribution < 1.29 is 9.90 Å². The highest BCUT2D eigenvalue weighted by atomic mass is 16.3. The molecule has 1 aromatic rings. The first kappa shape index (κ1) is 15.7. The summed E-state index contributed by atoms with van der Waals surface area (Å²) < 4.78 is 0. The highest BCUT2D eigenvalue weighted by Crippen LogP contribution is 2.26. The van der Waals surface area contributed by atoms with E-state index in [1.807, 2.05) is 0 Å². The van der Waals surface area contributed by atoms with Crippen LogP contribution in [-0.4, -0.2) is 30.2 Å². The summed E-state index contributed by atoms with van der Waals surface area (Å²) in [6.45, 7) is 8.67. The molecule has 4 heteroatoms. The molecule has 0 radical (unpaired) electrons. The number of rotatable bonds is 5. The van der Waals surface area contributed by atoms with Crippen molar-refractivity contribution in [3.8, 4) is 0 Å². The lowest BCUT2D eigenvalue weighted by Gasteiger charge is -2.28. The van der Waals surface area contributed by atoms with Gasteiger partial charge >= 0.3 is 0 Å². The van der Waals surface area contributed by atoms with Crippen molar-refractivity contribution in [3.05, 3.63) is 34.9 Å². The maximum Gasteiger partial charge on any atom is 0.250 e. The second-order valence-electron chi connectivity index (χ2n) is 5.67. The molecular weight excluding hydrogens is 240 g/mol. The van der Waals surface area contributed by atoms with E-state index in [1.165, 1.54) is 16.7 Å². The van der Waals surface area contributed by atoms with Crippen molar-refractivity contribution in [3.63, 3.8) is 0 Å². The molecule has 0 aromatic heterocycles. The van der Waals surface area contributed by atoms with Gasteiger partial charge in [0, 0.05) is 18.5 Å². The summed E-state index contributed by atoms with van der Waals surface area (Å²) in [7, 11) is 0. The lowest BCUT2D eigenvalue weighted by atomic mass is 9.81. The molecule has 1 atom stereocenters. The number of amides is 1. The minimum atomic E-state index is -1.13. The van der Waals surface area contributed by atoms with Crippen LogP contribution in [-0.2, 0) is 10.2 Å². The Morgan fingerprint density at radius 2 is 2.05 bits per heavy atom. The minimum Gasteiger partial charge on any atom is -0.382 e. The lowest BCUT2D eigenvalue weighted by molar-refractivity contribution is -0.129. The van der Waals surface area contributed by atoms with Gasteiger partial charge in [0.25, 0.3) is 0 Å². The summed E-state index contributed by atoms with van der Waals surface area (Å²) >= 11 is 0. The average molecular weight is 264 g/mol. The topological polar surface area (TPSA) is 75.3 Å². The second kappa shape index (κ2) is 6.17. The van der Waals surface area contributed by atoms with Crippen molar-refractivity contribution in [2.45, 2.75) is 39.2 Å². The van der Waals surface area contributed by atoms with E-state index in [0.717, 1.165) is 0 Å². The van der Waals surface area contributed by atoms with Gasteiger partial charge in [-0.2, -0.15) is 0 Å². The number of hydrogen-bond donors (Lipinski definition) is 3. The number of nitrogens with one attached hydrogen (secondary N) is 1. The van der Waals surface area contributed by atoms with Gasteiger partial charge in [-0.05, 0) is 25.0 Å². The first-order chi connectivity index (χ1) is 8.77. The number of aliphatic hydroxyl groups is 1. The monoisotopic (exact) mass is 264 g/mol. The number of aryl methyl sites for hydroxylation is 2. The zero-order chi connectivity index (χ0) is 14.6. The van der Waals surface area contributed by atoms with Crippen LogP contribution in [0.1, 0.15) is 30.5 Å². The Bertz CT molecular complexity index is 455. The highest BCUT2D eigenvalue weighted by molar-refractivity contribution is 5.80. The van der Waals surface area contributed by atoms with Gasteiger partial charge in [-0.15, -0.1) is 0 Å². The van der Waals surface area contributed by atoms with Crippen molar-refractivity contribution in [1.82, 2.24) is 5.32 Å². The average Bonchev–Trinajstić information content (AvgIpc) is 2.37. The van der Waals surface area contributed by atoms with Gasteiger partial charge in [0.05, 0.1) is 0 Å².